The Morgan fingerprint density at radius 1 is 0.892 bits per heavy atom. The Kier molecular flexibility index (Phi) is 11.2. The molecule has 0 radical (unpaired) electrons. The number of rotatable bonds is 8. The summed E-state index contributed by atoms with van der Waals surface area (Å²) in [6.07, 6.45) is 0. The van der Waals surface area contributed by atoms with Gasteiger partial charge in [0.2, 0.25) is 5.91 Å². The van der Waals surface area contributed by atoms with Gasteiger partial charge in [-0.1, -0.05) is 12.1 Å². The van der Waals surface area contributed by atoms with Gasteiger partial charge < -0.3 is 29.7 Å². The van der Waals surface area contributed by atoms with Crippen LogP contribution in [0.5, 0.6) is 17.2 Å². The number of aryl methyl sites for hydroxylation is 1. The number of para-hydroxylation sites is 2. The number of carboxylic acids is 2. The van der Waals surface area contributed by atoms with E-state index in [0.717, 1.165) is 44.2 Å². The second-order valence-electron chi connectivity index (χ2n) is 8.42. The summed E-state index contributed by atoms with van der Waals surface area (Å²) in [6.45, 7) is 8.39. The number of amides is 1. The van der Waals surface area contributed by atoms with Gasteiger partial charge in [-0.05, 0) is 49.2 Å². The lowest BCUT2D eigenvalue weighted by Crippen LogP contribution is -2.52. The molecule has 0 bridgehead atoms. The van der Waals surface area contributed by atoms with Crippen molar-refractivity contribution in [2.24, 2.45) is 0 Å². The highest BCUT2D eigenvalue weighted by atomic mass is 16.5. The quantitative estimate of drug-likeness (QED) is 0.447. The molecule has 0 saturated carbocycles. The van der Waals surface area contributed by atoms with Gasteiger partial charge >= 0.3 is 11.9 Å². The van der Waals surface area contributed by atoms with E-state index in [2.05, 4.69) is 28.1 Å². The number of hydrogen-bond donors (Lipinski definition) is 3. The Balaban J connectivity index is 0.000000717. The number of methoxy groups -OCH3 is 3. The minimum absolute atomic E-state index is 0.0197. The number of anilines is 1. The van der Waals surface area contributed by atoms with Crippen molar-refractivity contribution in [1.82, 2.24) is 9.80 Å². The standard InChI is InChI=1S/C24H33N3O4.C2H2O4/c1-17-14-22(30-4)23(31-5)15-19(17)16-26-10-12-27(13-11-26)18(2)24(28)25-20-8-6-7-9-21(20)29-3;3-1(4)2(5)6/h6-9,14-15,18H,10-13,16H2,1-5H3,(H,25,28);(H,3,4)(H,5,6). The summed E-state index contributed by atoms with van der Waals surface area (Å²) in [6, 6.07) is 11.3. The number of nitrogens with one attached hydrogen (secondary N) is 1. The number of nitrogens with zero attached hydrogens (tertiary/aromatic N) is 2. The average molecular weight is 518 g/mol. The molecule has 0 aromatic heterocycles. The Morgan fingerprint density at radius 2 is 1.43 bits per heavy atom. The Bertz CT molecular complexity index is 1070. The van der Waals surface area contributed by atoms with Crippen LogP contribution in [0.3, 0.4) is 0 Å². The number of carbonyl (C=O) groups is 3. The molecule has 202 valence electrons. The van der Waals surface area contributed by atoms with Crippen LogP contribution in [0.2, 0.25) is 0 Å². The van der Waals surface area contributed by atoms with E-state index >= 15 is 0 Å². The predicted octanol–water partition coefficient (Wildman–Crippen LogP) is 2.32. The normalized spacial score (nSPS) is 14.5. The Morgan fingerprint density at radius 3 is 1.97 bits per heavy atom. The summed E-state index contributed by atoms with van der Waals surface area (Å²) in [5.74, 6) is -1.50. The van der Waals surface area contributed by atoms with Crippen molar-refractivity contribution in [3.63, 3.8) is 0 Å². The van der Waals surface area contributed by atoms with Crippen LogP contribution in [-0.4, -0.2) is 91.4 Å². The van der Waals surface area contributed by atoms with Crippen molar-refractivity contribution in [2.45, 2.75) is 26.4 Å². The van der Waals surface area contributed by atoms with E-state index in [-0.39, 0.29) is 11.9 Å². The topological polar surface area (TPSA) is 138 Å². The molecule has 1 heterocycles. The third-order valence-electron chi connectivity index (χ3n) is 6.12. The van der Waals surface area contributed by atoms with E-state index in [9.17, 15) is 4.79 Å². The zero-order valence-electron chi connectivity index (χ0n) is 21.8. The average Bonchev–Trinajstić information content (AvgIpc) is 2.90. The van der Waals surface area contributed by atoms with Gasteiger partial charge in [-0.15, -0.1) is 0 Å². The van der Waals surface area contributed by atoms with Crippen molar-refractivity contribution in [3.05, 3.63) is 47.5 Å². The van der Waals surface area contributed by atoms with Crippen LogP contribution < -0.4 is 19.5 Å². The number of carbonyl (C=O) groups excluding carboxylic acids is 1. The van der Waals surface area contributed by atoms with Crippen molar-refractivity contribution in [3.8, 4) is 17.2 Å². The molecule has 0 spiro atoms. The molecule has 1 aliphatic heterocycles. The number of benzene rings is 2. The molecule has 1 unspecified atom stereocenters. The summed E-state index contributed by atoms with van der Waals surface area (Å²) in [5.41, 5.74) is 3.11. The molecule has 3 rings (SSSR count). The van der Waals surface area contributed by atoms with Crippen LogP contribution in [0.1, 0.15) is 18.1 Å². The molecule has 0 aliphatic carbocycles. The minimum Gasteiger partial charge on any atom is -0.495 e. The molecular formula is C26H35N3O8. The molecule has 3 N–H and O–H groups in total. The SMILES string of the molecule is COc1ccccc1NC(=O)C(C)N1CCN(Cc2cc(OC)c(OC)cc2C)CC1.O=C(O)C(=O)O. The van der Waals surface area contributed by atoms with Crippen LogP contribution in [0, 0.1) is 6.92 Å². The van der Waals surface area contributed by atoms with Gasteiger partial charge in [0.05, 0.1) is 33.1 Å². The maximum absolute atomic E-state index is 12.8. The number of carboxylic acid groups (broad SMARTS) is 2. The fraction of sp³-hybridized carbons (Fsp3) is 0.423. The van der Waals surface area contributed by atoms with E-state index in [1.165, 1.54) is 11.1 Å². The fourth-order valence-electron chi connectivity index (χ4n) is 3.89. The second kappa shape index (κ2) is 14.0. The summed E-state index contributed by atoms with van der Waals surface area (Å²) in [5, 5.41) is 17.8. The van der Waals surface area contributed by atoms with Crippen LogP contribution in [-0.2, 0) is 20.9 Å². The third kappa shape index (κ3) is 8.36. The van der Waals surface area contributed by atoms with Gasteiger partial charge in [0.1, 0.15) is 5.75 Å². The number of ether oxygens (including phenoxy) is 3. The molecule has 11 nitrogen and oxygen atoms in total. The lowest BCUT2D eigenvalue weighted by Gasteiger charge is -2.37. The van der Waals surface area contributed by atoms with Crippen LogP contribution in [0.4, 0.5) is 5.69 Å². The molecule has 37 heavy (non-hydrogen) atoms. The highest BCUT2D eigenvalue weighted by Crippen LogP contribution is 2.31. The third-order valence-corrected chi connectivity index (χ3v) is 6.12. The molecule has 1 atom stereocenters. The summed E-state index contributed by atoms with van der Waals surface area (Å²) in [4.78, 5) is 35.6. The summed E-state index contributed by atoms with van der Waals surface area (Å²) in [7, 11) is 4.92. The van der Waals surface area contributed by atoms with Gasteiger partial charge in [-0.25, -0.2) is 9.59 Å². The monoisotopic (exact) mass is 517 g/mol. The zero-order valence-corrected chi connectivity index (χ0v) is 21.8. The first-order chi connectivity index (χ1) is 17.6. The summed E-state index contributed by atoms with van der Waals surface area (Å²) >= 11 is 0. The second-order valence-corrected chi connectivity index (χ2v) is 8.42. The van der Waals surface area contributed by atoms with Gasteiger partial charge in [-0.3, -0.25) is 14.6 Å². The number of hydrogen-bond acceptors (Lipinski definition) is 8. The van der Waals surface area contributed by atoms with E-state index in [0.29, 0.717) is 11.4 Å². The van der Waals surface area contributed by atoms with E-state index in [1.54, 1.807) is 21.3 Å². The Hall–Kier alpha value is -3.83. The largest absolute Gasteiger partial charge is 0.495 e. The predicted molar refractivity (Wildman–Crippen MR) is 137 cm³/mol. The maximum Gasteiger partial charge on any atom is 0.414 e. The van der Waals surface area contributed by atoms with Crippen molar-refractivity contribution in [1.29, 1.82) is 0 Å². The molecule has 2 aromatic rings. The first kappa shape index (κ1) is 29.4. The molecule has 11 heteroatoms. The van der Waals surface area contributed by atoms with Crippen LogP contribution >= 0.6 is 0 Å². The first-order valence-corrected chi connectivity index (χ1v) is 11.7. The Labute approximate surface area is 216 Å². The van der Waals surface area contributed by atoms with Crippen molar-refractivity contribution < 1.29 is 38.8 Å². The van der Waals surface area contributed by atoms with E-state index in [4.69, 9.17) is 34.0 Å². The zero-order chi connectivity index (χ0) is 27.5. The number of aliphatic carboxylic acids is 2. The lowest BCUT2D eigenvalue weighted by molar-refractivity contribution is -0.159. The van der Waals surface area contributed by atoms with E-state index < -0.39 is 11.9 Å². The number of piperazine rings is 1. The maximum atomic E-state index is 12.8. The first-order valence-electron chi connectivity index (χ1n) is 11.7. The van der Waals surface area contributed by atoms with Crippen molar-refractivity contribution in [2.75, 3.05) is 52.8 Å². The van der Waals surface area contributed by atoms with Gasteiger partial charge in [-0.2, -0.15) is 0 Å². The van der Waals surface area contributed by atoms with Gasteiger partial charge in [0.25, 0.3) is 0 Å². The van der Waals surface area contributed by atoms with Gasteiger partial charge in [0.15, 0.2) is 11.5 Å². The molecule has 2 aromatic carbocycles. The van der Waals surface area contributed by atoms with Crippen LogP contribution in [0.25, 0.3) is 0 Å². The lowest BCUT2D eigenvalue weighted by atomic mass is 10.1. The van der Waals surface area contributed by atoms with Gasteiger partial charge in [0, 0.05) is 32.7 Å². The molecule has 1 saturated heterocycles. The molecular weight excluding hydrogens is 482 g/mol. The van der Waals surface area contributed by atoms with Crippen LogP contribution in [0.15, 0.2) is 36.4 Å². The smallest absolute Gasteiger partial charge is 0.414 e. The molecule has 1 amide bonds. The van der Waals surface area contributed by atoms with E-state index in [1.807, 2.05) is 37.3 Å². The highest BCUT2D eigenvalue weighted by Gasteiger charge is 2.26. The molecule has 1 fully saturated rings. The van der Waals surface area contributed by atoms with Crippen molar-refractivity contribution >= 4 is 23.5 Å². The molecule has 1 aliphatic rings. The fourth-order valence-corrected chi connectivity index (χ4v) is 3.89. The minimum atomic E-state index is -1.82. The summed E-state index contributed by atoms with van der Waals surface area (Å²) < 4.78 is 16.2. The highest BCUT2D eigenvalue weighted by molar-refractivity contribution is 6.27.